The van der Waals surface area contributed by atoms with Crippen molar-refractivity contribution in [2.75, 3.05) is 0 Å². The van der Waals surface area contributed by atoms with Gasteiger partial charge in [-0.15, -0.1) is 0 Å². The van der Waals surface area contributed by atoms with Crippen molar-refractivity contribution in [3.8, 4) is 5.75 Å². The number of barbiturate groups is 1. The maximum absolute atomic E-state index is 13.8. The Labute approximate surface area is 162 Å². The Morgan fingerprint density at radius 2 is 1.70 bits per heavy atom. The van der Waals surface area contributed by atoms with Gasteiger partial charge in [-0.25, -0.2) is 9.18 Å². The zero-order chi connectivity index (χ0) is 19.6. The molecule has 0 bridgehead atoms. The van der Waals surface area contributed by atoms with E-state index in [4.69, 9.17) is 27.9 Å². The quantitative estimate of drug-likeness (QED) is 0.599. The number of carbonyl (C=O) groups excluding carboxylic acids is 3. The number of imide groups is 2. The second-order valence-corrected chi connectivity index (χ2v) is 6.33. The number of urea groups is 1. The van der Waals surface area contributed by atoms with E-state index in [1.807, 2.05) is 10.6 Å². The first-order valence-corrected chi connectivity index (χ1v) is 8.34. The highest BCUT2D eigenvalue weighted by molar-refractivity contribution is 6.36. The molecule has 0 unspecified atom stereocenters. The van der Waals surface area contributed by atoms with Gasteiger partial charge in [0.1, 0.15) is 23.7 Å². The first kappa shape index (κ1) is 18.9. The van der Waals surface area contributed by atoms with Crippen LogP contribution >= 0.6 is 23.2 Å². The fourth-order valence-corrected chi connectivity index (χ4v) is 2.93. The van der Waals surface area contributed by atoms with E-state index in [0.717, 1.165) is 0 Å². The molecule has 2 N–H and O–H groups in total. The summed E-state index contributed by atoms with van der Waals surface area (Å²) in [5.41, 5.74) is 0.183. The highest BCUT2D eigenvalue weighted by Gasteiger charge is 2.28. The summed E-state index contributed by atoms with van der Waals surface area (Å²) in [5, 5.41) is 4.26. The van der Waals surface area contributed by atoms with Crippen LogP contribution in [0.15, 0.2) is 42.0 Å². The molecule has 2 aromatic rings. The Morgan fingerprint density at radius 1 is 1.04 bits per heavy atom. The topological polar surface area (TPSA) is 84.5 Å². The van der Waals surface area contributed by atoms with Gasteiger partial charge in [0.05, 0.1) is 5.02 Å². The van der Waals surface area contributed by atoms with Gasteiger partial charge in [-0.3, -0.25) is 20.2 Å². The number of ether oxygens (including phenoxy) is 1. The maximum Gasteiger partial charge on any atom is 0.328 e. The van der Waals surface area contributed by atoms with Gasteiger partial charge in [-0.05, 0) is 24.3 Å². The smallest absolute Gasteiger partial charge is 0.328 e. The van der Waals surface area contributed by atoms with Crippen molar-refractivity contribution >= 4 is 47.1 Å². The van der Waals surface area contributed by atoms with Crippen LogP contribution in [0, 0.1) is 5.82 Å². The van der Waals surface area contributed by atoms with Crippen LogP contribution in [0.25, 0.3) is 6.08 Å². The fraction of sp³-hybridized carbons (Fsp3) is 0.0556. The van der Waals surface area contributed by atoms with Crippen molar-refractivity contribution < 1.29 is 23.5 Å². The van der Waals surface area contributed by atoms with E-state index in [1.54, 1.807) is 18.2 Å². The molecule has 1 aliphatic heterocycles. The Bertz CT molecular complexity index is 969. The second-order valence-electron chi connectivity index (χ2n) is 5.48. The van der Waals surface area contributed by atoms with Crippen LogP contribution in [0.3, 0.4) is 0 Å². The van der Waals surface area contributed by atoms with Gasteiger partial charge >= 0.3 is 6.03 Å². The molecule has 27 heavy (non-hydrogen) atoms. The normalized spacial score (nSPS) is 13.9. The van der Waals surface area contributed by atoms with Gasteiger partial charge in [0.2, 0.25) is 0 Å². The predicted molar refractivity (Wildman–Crippen MR) is 96.9 cm³/mol. The van der Waals surface area contributed by atoms with E-state index in [1.165, 1.54) is 24.3 Å². The molecule has 1 aliphatic rings. The molecule has 1 heterocycles. The lowest BCUT2D eigenvalue weighted by atomic mass is 10.1. The molecule has 1 saturated heterocycles. The largest absolute Gasteiger partial charge is 0.487 e. The van der Waals surface area contributed by atoms with Gasteiger partial charge < -0.3 is 4.74 Å². The Balaban J connectivity index is 1.97. The lowest BCUT2D eigenvalue weighted by molar-refractivity contribution is -0.123. The molecule has 6 nitrogen and oxygen atoms in total. The van der Waals surface area contributed by atoms with Crippen LogP contribution in [-0.2, 0) is 16.2 Å². The molecule has 0 radical (unpaired) electrons. The van der Waals surface area contributed by atoms with Crippen molar-refractivity contribution in [2.45, 2.75) is 6.61 Å². The molecule has 0 aromatic heterocycles. The molecule has 138 valence electrons. The van der Waals surface area contributed by atoms with E-state index in [2.05, 4.69) is 0 Å². The molecule has 4 amide bonds. The number of benzene rings is 2. The minimum absolute atomic E-state index is 0.106. The summed E-state index contributed by atoms with van der Waals surface area (Å²) in [4.78, 5) is 35.0. The van der Waals surface area contributed by atoms with E-state index in [9.17, 15) is 18.8 Å². The van der Waals surface area contributed by atoms with Gasteiger partial charge in [-0.2, -0.15) is 0 Å². The molecule has 0 atom stereocenters. The fourth-order valence-electron chi connectivity index (χ4n) is 2.37. The van der Waals surface area contributed by atoms with Crippen LogP contribution in [-0.4, -0.2) is 17.8 Å². The highest BCUT2D eigenvalue weighted by atomic mass is 35.5. The van der Waals surface area contributed by atoms with Crippen molar-refractivity contribution in [2.24, 2.45) is 0 Å². The molecule has 2 aromatic carbocycles. The Kier molecular flexibility index (Phi) is 5.43. The van der Waals surface area contributed by atoms with Gasteiger partial charge in [-0.1, -0.05) is 41.4 Å². The molecule has 9 heteroatoms. The minimum Gasteiger partial charge on any atom is -0.487 e. The zero-order valence-electron chi connectivity index (χ0n) is 13.5. The number of amides is 4. The van der Waals surface area contributed by atoms with Gasteiger partial charge in [0.25, 0.3) is 11.8 Å². The van der Waals surface area contributed by atoms with Crippen LogP contribution in [0.1, 0.15) is 11.1 Å². The second kappa shape index (κ2) is 7.77. The molecular formula is C18H11Cl2FN2O4. The van der Waals surface area contributed by atoms with E-state index < -0.39 is 23.7 Å². The summed E-state index contributed by atoms with van der Waals surface area (Å²) in [6.07, 6.45) is 1.19. The van der Waals surface area contributed by atoms with Crippen LogP contribution in [0.4, 0.5) is 9.18 Å². The van der Waals surface area contributed by atoms with Gasteiger partial charge in [0.15, 0.2) is 0 Å². The zero-order valence-corrected chi connectivity index (χ0v) is 15.0. The Morgan fingerprint density at radius 3 is 2.37 bits per heavy atom. The molecular weight excluding hydrogens is 398 g/mol. The summed E-state index contributed by atoms with van der Waals surface area (Å²) in [7, 11) is 0. The number of hydrogen-bond donors (Lipinski definition) is 2. The first-order valence-electron chi connectivity index (χ1n) is 7.59. The predicted octanol–water partition coefficient (Wildman–Crippen LogP) is 3.46. The number of halogens is 3. The third kappa shape index (κ3) is 4.27. The third-order valence-electron chi connectivity index (χ3n) is 3.61. The molecule has 0 spiro atoms. The van der Waals surface area contributed by atoms with E-state index >= 15 is 0 Å². The van der Waals surface area contributed by atoms with Crippen molar-refractivity contribution in [1.29, 1.82) is 0 Å². The molecule has 1 fully saturated rings. The third-order valence-corrected chi connectivity index (χ3v) is 4.11. The summed E-state index contributed by atoms with van der Waals surface area (Å²) >= 11 is 12.2. The number of nitrogens with one attached hydrogen (secondary N) is 2. The van der Waals surface area contributed by atoms with Crippen LogP contribution in [0.5, 0.6) is 5.75 Å². The standard InChI is InChI=1S/C18H11Cl2FN2O4/c19-11-5-10(6-12-16(24)22-18(26)23-17(12)25)15(13(20)7-11)27-8-9-3-1-2-4-14(9)21/h1-7H,8H2,(H2,22,23,24,25,26). The summed E-state index contributed by atoms with van der Waals surface area (Å²) in [6.45, 7) is -0.138. The minimum atomic E-state index is -0.915. The monoisotopic (exact) mass is 408 g/mol. The van der Waals surface area contributed by atoms with E-state index in [-0.39, 0.29) is 33.5 Å². The summed E-state index contributed by atoms with van der Waals surface area (Å²) in [6, 6.07) is 7.96. The number of hydrogen-bond acceptors (Lipinski definition) is 4. The molecule has 0 aliphatic carbocycles. The van der Waals surface area contributed by atoms with Crippen LogP contribution in [0.2, 0.25) is 10.0 Å². The first-order chi connectivity index (χ1) is 12.8. The number of rotatable bonds is 4. The maximum atomic E-state index is 13.8. The lowest BCUT2D eigenvalue weighted by Crippen LogP contribution is -2.51. The number of carbonyl (C=O) groups is 3. The summed E-state index contributed by atoms with van der Waals surface area (Å²) in [5.74, 6) is -2.10. The highest BCUT2D eigenvalue weighted by Crippen LogP contribution is 2.34. The Hall–Kier alpha value is -2.90. The molecule has 0 saturated carbocycles. The van der Waals surface area contributed by atoms with E-state index in [0.29, 0.717) is 5.56 Å². The van der Waals surface area contributed by atoms with Crippen molar-refractivity contribution in [1.82, 2.24) is 10.6 Å². The average Bonchev–Trinajstić information content (AvgIpc) is 2.58. The average molecular weight is 409 g/mol. The summed E-state index contributed by atoms with van der Waals surface area (Å²) < 4.78 is 19.4. The van der Waals surface area contributed by atoms with Crippen molar-refractivity contribution in [3.63, 3.8) is 0 Å². The van der Waals surface area contributed by atoms with Crippen molar-refractivity contribution in [3.05, 3.63) is 69.0 Å². The SMILES string of the molecule is O=C1NC(=O)C(=Cc2cc(Cl)cc(Cl)c2OCc2ccccc2F)C(=O)N1. The van der Waals surface area contributed by atoms with Gasteiger partial charge in [0, 0.05) is 16.1 Å². The lowest BCUT2D eigenvalue weighted by Gasteiger charge is -2.16. The van der Waals surface area contributed by atoms with Crippen LogP contribution < -0.4 is 15.4 Å². The molecule has 3 rings (SSSR count).